The highest BCUT2D eigenvalue weighted by Gasteiger charge is 2.23. The van der Waals surface area contributed by atoms with Crippen LogP contribution in [0.15, 0.2) is 71.0 Å². The smallest absolute Gasteiger partial charge is 0.363 e. The molecule has 4 N–H and O–H groups in total. The zero-order valence-corrected chi connectivity index (χ0v) is 20.8. The van der Waals surface area contributed by atoms with Crippen LogP contribution in [0.1, 0.15) is 11.3 Å². The highest BCUT2D eigenvalue weighted by molar-refractivity contribution is 7.47. The van der Waals surface area contributed by atoms with E-state index >= 15 is 0 Å². The summed E-state index contributed by atoms with van der Waals surface area (Å²) in [5.74, 6) is 0.276. The Morgan fingerprint density at radius 3 is 2.92 bits per heavy atom. The number of nitrogen functional groups attached to an aromatic ring is 1. The summed E-state index contributed by atoms with van der Waals surface area (Å²) in [7, 11) is -3.08. The second kappa shape index (κ2) is 11.3. The monoisotopic (exact) mass is 537 g/mol. The van der Waals surface area contributed by atoms with Crippen LogP contribution in [0.3, 0.4) is 0 Å². The number of halogens is 2. The third-order valence-electron chi connectivity index (χ3n) is 5.18. The fourth-order valence-electron chi connectivity index (χ4n) is 3.40. The minimum absolute atomic E-state index is 0.195. The number of phosphoric acid groups is 1. The molecule has 36 heavy (non-hydrogen) atoms. The van der Waals surface area contributed by atoms with Crippen molar-refractivity contribution in [3.05, 3.63) is 88.6 Å². The fourth-order valence-corrected chi connectivity index (χ4v) is 4.02. The molecule has 1 aromatic carbocycles. The number of nitrogens with zero attached hydrogens (tertiary/aromatic N) is 2. The third-order valence-corrected chi connectivity index (χ3v) is 6.31. The van der Waals surface area contributed by atoms with Crippen molar-refractivity contribution in [2.24, 2.45) is 0 Å². The zero-order valence-electron chi connectivity index (χ0n) is 19.1. The Bertz CT molecular complexity index is 1330. The second-order valence-electron chi connectivity index (χ2n) is 7.80. The van der Waals surface area contributed by atoms with Gasteiger partial charge in [0.15, 0.2) is 5.76 Å². The lowest BCUT2D eigenvalue weighted by Gasteiger charge is -2.19. The first-order valence-corrected chi connectivity index (χ1v) is 12.6. The van der Waals surface area contributed by atoms with Crippen LogP contribution in [0.5, 0.6) is 0 Å². The molecule has 0 spiro atoms. The predicted octanol–water partition coefficient (Wildman–Crippen LogP) is 3.85. The highest BCUT2D eigenvalue weighted by atomic mass is 35.5. The van der Waals surface area contributed by atoms with Crippen molar-refractivity contribution in [2.75, 3.05) is 12.8 Å². The van der Waals surface area contributed by atoms with E-state index in [-0.39, 0.29) is 25.4 Å². The van der Waals surface area contributed by atoms with Gasteiger partial charge in [0.2, 0.25) is 6.73 Å². The molecular weight excluding hydrogens is 514 g/mol. The average molecular weight is 538 g/mol. The lowest BCUT2D eigenvalue weighted by molar-refractivity contribution is -0.711. The first-order valence-electron chi connectivity index (χ1n) is 10.7. The van der Waals surface area contributed by atoms with Gasteiger partial charge >= 0.3 is 7.82 Å². The number of phosphoric ester groups is 1. The Labute approximate surface area is 211 Å². The predicted molar refractivity (Wildman–Crippen MR) is 129 cm³/mol. The van der Waals surface area contributed by atoms with E-state index in [4.69, 9.17) is 31.1 Å². The lowest BCUT2D eigenvalue weighted by Crippen LogP contribution is -2.38. The van der Waals surface area contributed by atoms with E-state index < -0.39 is 13.6 Å². The van der Waals surface area contributed by atoms with Gasteiger partial charge < -0.3 is 19.5 Å². The quantitative estimate of drug-likeness (QED) is 0.260. The van der Waals surface area contributed by atoms with Crippen molar-refractivity contribution in [2.45, 2.75) is 26.0 Å². The van der Waals surface area contributed by atoms with Gasteiger partial charge in [0.25, 0.3) is 5.82 Å². The molecule has 0 saturated carbocycles. The Hall–Kier alpha value is -3.05. The number of ether oxygens (including phenoxy) is 1. The SMILES string of the molecule is COP(=O)(O)OC[n+]1cccc(-c2cc(CC3=CNC(OCc4cc(F)cc(Cl)c4)C=C3)no2)c1N. The summed E-state index contributed by atoms with van der Waals surface area (Å²) in [6.45, 7) is -0.0959. The van der Waals surface area contributed by atoms with Crippen LogP contribution < -0.4 is 15.6 Å². The molecule has 2 unspecified atom stereocenters. The summed E-state index contributed by atoms with van der Waals surface area (Å²) in [5, 5.41) is 7.56. The molecule has 0 fully saturated rings. The number of rotatable bonds is 10. The second-order valence-corrected chi connectivity index (χ2v) is 9.80. The summed E-state index contributed by atoms with van der Waals surface area (Å²) in [6, 6.07) is 9.46. The molecule has 0 amide bonds. The van der Waals surface area contributed by atoms with Crippen molar-refractivity contribution in [1.82, 2.24) is 10.5 Å². The topological polar surface area (TPSA) is 133 Å². The molecule has 190 valence electrons. The maximum Gasteiger partial charge on any atom is 0.475 e. The molecule has 3 aromatic rings. The molecule has 3 heterocycles. The van der Waals surface area contributed by atoms with Gasteiger partial charge in [-0.1, -0.05) is 22.8 Å². The molecule has 0 aliphatic carbocycles. The number of benzene rings is 1. The van der Waals surface area contributed by atoms with E-state index in [2.05, 4.69) is 15.0 Å². The Morgan fingerprint density at radius 1 is 1.36 bits per heavy atom. The van der Waals surface area contributed by atoms with Gasteiger partial charge in [-0.05, 0) is 47.5 Å². The molecule has 1 aliphatic rings. The van der Waals surface area contributed by atoms with Crippen molar-refractivity contribution >= 4 is 25.2 Å². The van der Waals surface area contributed by atoms with E-state index in [9.17, 15) is 13.8 Å². The van der Waals surface area contributed by atoms with Crippen LogP contribution >= 0.6 is 19.4 Å². The number of hydrogen-bond acceptors (Lipinski definition) is 8. The molecule has 2 atom stereocenters. The van der Waals surface area contributed by atoms with E-state index in [1.54, 1.807) is 30.5 Å². The maximum absolute atomic E-state index is 13.5. The van der Waals surface area contributed by atoms with E-state index in [1.807, 2.05) is 18.4 Å². The first-order chi connectivity index (χ1) is 17.2. The summed E-state index contributed by atoms with van der Waals surface area (Å²) >= 11 is 5.87. The number of nitrogens with one attached hydrogen (secondary N) is 1. The van der Waals surface area contributed by atoms with Crippen molar-refractivity contribution < 1.29 is 36.7 Å². The van der Waals surface area contributed by atoms with Crippen LogP contribution in [-0.4, -0.2) is 23.4 Å². The van der Waals surface area contributed by atoms with Crippen molar-refractivity contribution in [1.29, 1.82) is 0 Å². The first kappa shape index (κ1) is 26.0. The van der Waals surface area contributed by atoms with Crippen LogP contribution in [0.4, 0.5) is 10.2 Å². The third kappa shape index (κ3) is 6.79. The number of dihydropyridines is 1. The van der Waals surface area contributed by atoms with Crippen LogP contribution in [-0.2, 0) is 38.1 Å². The van der Waals surface area contributed by atoms with Gasteiger partial charge in [0.1, 0.15) is 17.6 Å². The molecule has 13 heteroatoms. The van der Waals surface area contributed by atoms with E-state index in [1.165, 1.54) is 16.7 Å². The molecule has 0 radical (unpaired) electrons. The van der Waals surface area contributed by atoms with Crippen molar-refractivity contribution in [3.8, 4) is 11.3 Å². The molecule has 4 rings (SSSR count). The van der Waals surface area contributed by atoms with Crippen LogP contribution in [0.25, 0.3) is 11.3 Å². The summed E-state index contributed by atoms with van der Waals surface area (Å²) in [5.41, 5.74) is 8.98. The van der Waals surface area contributed by atoms with Gasteiger partial charge in [-0.2, -0.15) is 0 Å². The van der Waals surface area contributed by atoms with Gasteiger partial charge in [-0.25, -0.2) is 18.0 Å². The number of hydrogen-bond donors (Lipinski definition) is 3. The summed E-state index contributed by atoms with van der Waals surface area (Å²) < 4.78 is 46.9. The molecule has 10 nitrogen and oxygen atoms in total. The average Bonchev–Trinajstić information content (AvgIpc) is 3.30. The summed E-state index contributed by atoms with van der Waals surface area (Å²) in [6.07, 6.45) is 7.25. The van der Waals surface area contributed by atoms with Gasteiger partial charge in [-0.3, -0.25) is 10.3 Å². The van der Waals surface area contributed by atoms with E-state index in [0.29, 0.717) is 34.0 Å². The Kier molecular flexibility index (Phi) is 8.20. The molecule has 0 saturated heterocycles. The van der Waals surface area contributed by atoms with Gasteiger partial charge in [0, 0.05) is 30.8 Å². The van der Waals surface area contributed by atoms with Gasteiger partial charge in [-0.15, -0.1) is 0 Å². The number of nitrogens with two attached hydrogens (primary N) is 1. The van der Waals surface area contributed by atoms with Crippen LogP contribution in [0.2, 0.25) is 5.02 Å². The lowest BCUT2D eigenvalue weighted by atomic mass is 10.1. The number of anilines is 1. The van der Waals surface area contributed by atoms with Gasteiger partial charge in [0.05, 0.1) is 18.5 Å². The number of pyridine rings is 1. The molecule has 2 aromatic heterocycles. The number of aromatic nitrogens is 2. The minimum Gasteiger partial charge on any atom is -0.363 e. The normalized spacial score (nSPS) is 16.9. The maximum atomic E-state index is 13.5. The fraction of sp³-hybridized carbons (Fsp3) is 0.217. The Morgan fingerprint density at radius 2 is 2.19 bits per heavy atom. The van der Waals surface area contributed by atoms with E-state index in [0.717, 1.165) is 12.7 Å². The minimum atomic E-state index is -4.15. The highest BCUT2D eigenvalue weighted by Crippen LogP contribution is 2.41. The van der Waals surface area contributed by atoms with Crippen LogP contribution in [0, 0.1) is 5.82 Å². The molecule has 1 aliphatic heterocycles. The largest absolute Gasteiger partial charge is 0.475 e. The zero-order chi connectivity index (χ0) is 25.7. The molecule has 0 bridgehead atoms. The standard InChI is InChI=1S/C23H23ClFN4O6P/c1-32-36(30,31)34-14-29-6-2-3-20(23(29)26)21-11-19(28-35-21)9-15-4-5-22(27-12-15)33-13-16-7-17(24)10-18(25)8-16/h2-8,10-12,22,26-27H,9,13-14H2,1H3,(H,30,31)/p+1. The Balaban J connectivity index is 1.34. The van der Waals surface area contributed by atoms with Crippen molar-refractivity contribution in [3.63, 3.8) is 0 Å². The number of allylic oxidation sites excluding steroid dienone is 2. The molecular formula is C23H24ClFN4O6P+. The summed E-state index contributed by atoms with van der Waals surface area (Å²) in [4.78, 5) is 9.43.